The molecular weight excluding hydrogens is 450 g/mol. The quantitative estimate of drug-likeness (QED) is 0.594. The Kier molecular flexibility index (Phi) is 9.41. The van der Waals surface area contributed by atoms with Crippen molar-refractivity contribution in [3.8, 4) is 0 Å². The van der Waals surface area contributed by atoms with E-state index in [0.29, 0.717) is 0 Å². The fourth-order valence-corrected chi connectivity index (χ4v) is 2.92. The zero-order chi connectivity index (χ0) is 19.8. The number of benzene rings is 1. The second-order valence-corrected chi connectivity index (χ2v) is 5.92. The predicted molar refractivity (Wildman–Crippen MR) is 88.8 cm³/mol. The van der Waals surface area contributed by atoms with Gasteiger partial charge in [0, 0.05) is 32.2 Å². The van der Waals surface area contributed by atoms with Crippen LogP contribution in [0.5, 0.6) is 0 Å². The van der Waals surface area contributed by atoms with E-state index in [0.717, 1.165) is 4.90 Å². The van der Waals surface area contributed by atoms with Crippen molar-refractivity contribution in [2.24, 2.45) is 0 Å². The van der Waals surface area contributed by atoms with E-state index >= 15 is 0 Å². The summed E-state index contributed by atoms with van der Waals surface area (Å²) in [5.74, 6) is 0. The van der Waals surface area contributed by atoms with E-state index in [1.54, 1.807) is 0 Å². The average Bonchev–Trinajstić information content (AvgIpc) is 2.50. The molecule has 13 heteroatoms. The molecule has 0 saturated carbocycles. The standard InChI is InChI=1S/C15H15F9N2.2ClH/c16-13(17,18)8-12(26-5-3-25-4-6-26)10-7-9(14(19,20)21)1-2-11(10)15(22,23)24;;/h1-2,7,12,25H,3-6,8H2;2*1H/t12-;;/m0../s1. The van der Waals surface area contributed by atoms with Crippen molar-refractivity contribution in [2.45, 2.75) is 31.0 Å². The van der Waals surface area contributed by atoms with Gasteiger partial charge in [-0.25, -0.2) is 0 Å². The first kappa shape index (κ1) is 27.1. The molecule has 1 fully saturated rings. The van der Waals surface area contributed by atoms with Crippen LogP contribution in [0.25, 0.3) is 0 Å². The molecule has 164 valence electrons. The van der Waals surface area contributed by atoms with Gasteiger partial charge in [-0.1, -0.05) is 0 Å². The van der Waals surface area contributed by atoms with Crippen LogP contribution in [0.15, 0.2) is 18.2 Å². The molecule has 1 aliphatic heterocycles. The van der Waals surface area contributed by atoms with Crippen molar-refractivity contribution in [3.05, 3.63) is 34.9 Å². The van der Waals surface area contributed by atoms with Gasteiger partial charge in [0.25, 0.3) is 0 Å². The zero-order valence-electron chi connectivity index (χ0n) is 14.0. The summed E-state index contributed by atoms with van der Waals surface area (Å²) in [6, 6.07) is -1.24. The Bertz CT molecular complexity index is 623. The molecule has 0 bridgehead atoms. The molecule has 0 radical (unpaired) electrons. The van der Waals surface area contributed by atoms with Gasteiger partial charge in [0.05, 0.1) is 17.5 Å². The van der Waals surface area contributed by atoms with Gasteiger partial charge >= 0.3 is 18.5 Å². The summed E-state index contributed by atoms with van der Waals surface area (Å²) < 4.78 is 117. The first-order chi connectivity index (χ1) is 11.8. The number of nitrogens with zero attached hydrogens (tertiary/aromatic N) is 1. The van der Waals surface area contributed by atoms with E-state index < -0.39 is 47.7 Å². The number of rotatable bonds is 3. The van der Waals surface area contributed by atoms with Crippen LogP contribution in [-0.2, 0) is 12.4 Å². The molecule has 1 atom stereocenters. The van der Waals surface area contributed by atoms with E-state index in [2.05, 4.69) is 5.32 Å². The van der Waals surface area contributed by atoms with Crippen molar-refractivity contribution in [3.63, 3.8) is 0 Å². The Labute approximate surface area is 167 Å². The van der Waals surface area contributed by atoms with Crippen molar-refractivity contribution >= 4 is 24.8 Å². The van der Waals surface area contributed by atoms with Gasteiger partial charge < -0.3 is 5.32 Å². The van der Waals surface area contributed by atoms with Crippen LogP contribution in [-0.4, -0.2) is 37.3 Å². The summed E-state index contributed by atoms with van der Waals surface area (Å²) in [4.78, 5) is 1.13. The highest BCUT2D eigenvalue weighted by Gasteiger charge is 2.43. The summed E-state index contributed by atoms with van der Waals surface area (Å²) in [6.07, 6.45) is -16.5. The highest BCUT2D eigenvalue weighted by molar-refractivity contribution is 5.85. The molecular formula is C15H17Cl2F9N2. The molecule has 0 aromatic heterocycles. The lowest BCUT2D eigenvalue weighted by molar-refractivity contribution is -0.153. The number of halogens is 11. The maximum Gasteiger partial charge on any atom is 0.416 e. The molecule has 0 spiro atoms. The number of hydrogen-bond donors (Lipinski definition) is 1. The normalized spacial score (nSPS) is 17.5. The largest absolute Gasteiger partial charge is 0.416 e. The van der Waals surface area contributed by atoms with Crippen LogP contribution in [0.4, 0.5) is 39.5 Å². The minimum Gasteiger partial charge on any atom is -0.314 e. The Morgan fingerprint density at radius 2 is 1.39 bits per heavy atom. The molecule has 1 aliphatic rings. The molecule has 2 nitrogen and oxygen atoms in total. The van der Waals surface area contributed by atoms with Crippen LogP contribution in [0, 0.1) is 0 Å². The molecule has 2 rings (SSSR count). The van der Waals surface area contributed by atoms with E-state index in [1.165, 1.54) is 0 Å². The van der Waals surface area contributed by atoms with Gasteiger partial charge in [-0.2, -0.15) is 39.5 Å². The van der Waals surface area contributed by atoms with E-state index in [4.69, 9.17) is 0 Å². The smallest absolute Gasteiger partial charge is 0.314 e. The molecule has 0 aliphatic carbocycles. The summed E-state index contributed by atoms with van der Waals surface area (Å²) in [7, 11) is 0. The third kappa shape index (κ3) is 7.16. The minimum absolute atomic E-state index is 0. The number of alkyl halides is 9. The van der Waals surface area contributed by atoms with E-state index in [-0.39, 0.29) is 69.2 Å². The molecule has 0 unspecified atom stereocenters. The highest BCUT2D eigenvalue weighted by atomic mass is 35.5. The maximum absolute atomic E-state index is 13.2. The second-order valence-electron chi connectivity index (χ2n) is 5.92. The zero-order valence-corrected chi connectivity index (χ0v) is 15.6. The summed E-state index contributed by atoms with van der Waals surface area (Å²) in [6.45, 7) is 0.450. The molecule has 0 amide bonds. The summed E-state index contributed by atoms with van der Waals surface area (Å²) in [5, 5.41) is 2.84. The molecule has 1 saturated heterocycles. The minimum atomic E-state index is -5.07. The summed E-state index contributed by atoms with van der Waals surface area (Å²) >= 11 is 0. The number of nitrogens with one attached hydrogen (secondary N) is 1. The SMILES string of the molecule is Cl.Cl.FC(F)(F)C[C@@H](c1cc(C(F)(F)F)ccc1C(F)(F)F)N1CCNCC1. The average molecular weight is 467 g/mol. The third-order valence-electron chi connectivity index (χ3n) is 4.06. The third-order valence-corrected chi connectivity index (χ3v) is 4.06. The molecule has 1 aromatic carbocycles. The number of hydrogen-bond acceptors (Lipinski definition) is 2. The first-order valence-corrected chi connectivity index (χ1v) is 7.59. The van der Waals surface area contributed by atoms with E-state index in [1.807, 2.05) is 0 Å². The van der Waals surface area contributed by atoms with Gasteiger partial charge in [0.2, 0.25) is 0 Å². The van der Waals surface area contributed by atoms with Crippen LogP contribution in [0.2, 0.25) is 0 Å². The van der Waals surface area contributed by atoms with Crippen molar-refractivity contribution in [1.29, 1.82) is 0 Å². The Morgan fingerprint density at radius 1 is 0.857 bits per heavy atom. The topological polar surface area (TPSA) is 15.3 Å². The monoisotopic (exact) mass is 466 g/mol. The molecule has 28 heavy (non-hydrogen) atoms. The second kappa shape index (κ2) is 9.73. The molecule has 1 aromatic rings. The lowest BCUT2D eigenvalue weighted by atomic mass is 9.93. The van der Waals surface area contributed by atoms with Crippen LogP contribution in [0.1, 0.15) is 29.2 Å². The molecule has 1 N–H and O–H groups in total. The van der Waals surface area contributed by atoms with E-state index in [9.17, 15) is 39.5 Å². The predicted octanol–water partition coefficient (Wildman–Crippen LogP) is 5.47. The van der Waals surface area contributed by atoms with Crippen LogP contribution in [0.3, 0.4) is 0 Å². The number of piperazine rings is 1. The van der Waals surface area contributed by atoms with Gasteiger partial charge in [-0.15, -0.1) is 24.8 Å². The van der Waals surface area contributed by atoms with Crippen LogP contribution < -0.4 is 5.32 Å². The Hall–Kier alpha value is -0.910. The maximum atomic E-state index is 13.2. The summed E-state index contributed by atoms with van der Waals surface area (Å²) in [5.41, 5.74) is -3.91. The Morgan fingerprint density at radius 3 is 1.82 bits per heavy atom. The van der Waals surface area contributed by atoms with Crippen LogP contribution >= 0.6 is 24.8 Å². The highest BCUT2D eigenvalue weighted by Crippen LogP contribution is 2.43. The molecule has 1 heterocycles. The van der Waals surface area contributed by atoms with Crippen molar-refractivity contribution in [1.82, 2.24) is 10.2 Å². The van der Waals surface area contributed by atoms with Crippen molar-refractivity contribution < 1.29 is 39.5 Å². The first-order valence-electron chi connectivity index (χ1n) is 7.59. The fraction of sp³-hybridized carbons (Fsp3) is 0.600. The lowest BCUT2D eigenvalue weighted by Gasteiger charge is -2.37. The van der Waals surface area contributed by atoms with Gasteiger partial charge in [-0.3, -0.25) is 4.90 Å². The van der Waals surface area contributed by atoms with Gasteiger partial charge in [0.15, 0.2) is 0 Å². The lowest BCUT2D eigenvalue weighted by Crippen LogP contribution is -2.46. The Balaban J connectivity index is 0.00000364. The van der Waals surface area contributed by atoms with Crippen molar-refractivity contribution in [2.75, 3.05) is 26.2 Å². The van der Waals surface area contributed by atoms with Gasteiger partial charge in [0.1, 0.15) is 0 Å². The fourth-order valence-electron chi connectivity index (χ4n) is 2.92. The van der Waals surface area contributed by atoms with Gasteiger partial charge in [-0.05, 0) is 23.8 Å².